The lowest BCUT2D eigenvalue weighted by molar-refractivity contribution is 1.24. The van der Waals surface area contributed by atoms with Crippen LogP contribution in [0.2, 0.25) is 0 Å². The Morgan fingerprint density at radius 3 is 3.33 bits per heavy atom. The molecule has 0 atom stereocenters. The monoisotopic (exact) mass is 116 g/mol. The third-order valence-electron chi connectivity index (χ3n) is 1.17. The average Bonchev–Trinajstić information content (AvgIpc) is 2.33. The summed E-state index contributed by atoms with van der Waals surface area (Å²) < 4.78 is 0. The van der Waals surface area contributed by atoms with E-state index in [2.05, 4.69) is 15.1 Å². The van der Waals surface area contributed by atoms with E-state index in [1.165, 1.54) is 0 Å². The maximum Gasteiger partial charge on any atom is 0.347 e. The molecule has 0 N–H and O–H groups in total. The molecule has 1 aliphatic heterocycles. The Kier molecular flexibility index (Phi) is 0.857. The Balaban J connectivity index is 2.63. The quantitative estimate of drug-likeness (QED) is 0.452. The lowest BCUT2D eigenvalue weighted by atomic mass is 9.86. The fourth-order valence-corrected chi connectivity index (χ4v) is 0.739. The molecule has 0 aliphatic carbocycles. The summed E-state index contributed by atoms with van der Waals surface area (Å²) in [7, 11) is 1.70. The minimum Gasteiger partial charge on any atom is -0.252 e. The number of pyridine rings is 1. The lowest BCUT2D eigenvalue weighted by Crippen LogP contribution is -2.07. The molecule has 0 saturated heterocycles. The Morgan fingerprint density at radius 2 is 2.44 bits per heavy atom. The van der Waals surface area contributed by atoms with Crippen LogP contribution >= 0.6 is 0 Å². The summed E-state index contributed by atoms with van der Waals surface area (Å²) in [6, 6.07) is 3.80. The Hall–Kier alpha value is -1.19. The second-order valence-electron chi connectivity index (χ2n) is 1.76. The highest BCUT2D eigenvalue weighted by atomic mass is 15.1. The van der Waals surface area contributed by atoms with Crippen LogP contribution in [-0.4, -0.2) is 12.4 Å². The number of hydrogen-bond acceptors (Lipinski definition) is 3. The van der Waals surface area contributed by atoms with Crippen LogP contribution in [0.15, 0.2) is 28.5 Å². The number of rotatable bonds is 0. The predicted molar refractivity (Wildman–Crippen MR) is 34.1 cm³/mol. The lowest BCUT2D eigenvalue weighted by Gasteiger charge is -1.87. The first-order chi connectivity index (χ1) is 4.47. The highest BCUT2D eigenvalue weighted by molar-refractivity contribution is 6.54. The van der Waals surface area contributed by atoms with E-state index in [9.17, 15) is 0 Å². The topological polar surface area (TPSA) is 37.6 Å². The summed E-state index contributed by atoms with van der Waals surface area (Å²) in [4.78, 5) is 3.97. The SMILES string of the molecule is [B]1N=Nc2ncccc21. The van der Waals surface area contributed by atoms with Gasteiger partial charge >= 0.3 is 7.41 Å². The molecule has 9 heavy (non-hydrogen) atoms. The van der Waals surface area contributed by atoms with Crippen LogP contribution in [0.1, 0.15) is 0 Å². The number of hydrogen-bond donors (Lipinski definition) is 0. The molecule has 2 heterocycles. The van der Waals surface area contributed by atoms with Gasteiger partial charge in [0.15, 0.2) is 5.82 Å². The summed E-state index contributed by atoms with van der Waals surface area (Å²) >= 11 is 0. The van der Waals surface area contributed by atoms with Crippen molar-refractivity contribution in [2.45, 2.75) is 0 Å². The van der Waals surface area contributed by atoms with Crippen molar-refractivity contribution < 1.29 is 0 Å². The molecule has 1 aromatic heterocycles. The van der Waals surface area contributed by atoms with Crippen LogP contribution in [0.5, 0.6) is 0 Å². The molecule has 0 amide bonds. The summed E-state index contributed by atoms with van der Waals surface area (Å²) in [5.41, 5.74) is 0.998. The third kappa shape index (κ3) is 0.632. The minimum atomic E-state index is 0.720. The summed E-state index contributed by atoms with van der Waals surface area (Å²) in [5, 5.41) is 7.45. The molecule has 1 aliphatic rings. The smallest absolute Gasteiger partial charge is 0.252 e. The van der Waals surface area contributed by atoms with Gasteiger partial charge in [0.2, 0.25) is 0 Å². The maximum absolute atomic E-state index is 3.97. The van der Waals surface area contributed by atoms with Crippen molar-refractivity contribution >= 4 is 18.7 Å². The van der Waals surface area contributed by atoms with Gasteiger partial charge in [-0.25, -0.2) is 4.98 Å². The molecule has 0 unspecified atom stereocenters. The van der Waals surface area contributed by atoms with E-state index in [0.29, 0.717) is 0 Å². The second-order valence-corrected chi connectivity index (χ2v) is 1.76. The van der Waals surface area contributed by atoms with Crippen molar-refractivity contribution in [3.8, 4) is 0 Å². The van der Waals surface area contributed by atoms with Crippen molar-refractivity contribution in [1.82, 2.24) is 4.98 Å². The van der Waals surface area contributed by atoms with Crippen molar-refractivity contribution in [2.75, 3.05) is 0 Å². The maximum atomic E-state index is 3.97. The third-order valence-corrected chi connectivity index (χ3v) is 1.17. The first-order valence-corrected chi connectivity index (χ1v) is 2.66. The highest BCUT2D eigenvalue weighted by Crippen LogP contribution is 2.07. The summed E-state index contributed by atoms with van der Waals surface area (Å²) in [6.07, 6.45) is 1.71. The zero-order valence-electron chi connectivity index (χ0n) is 4.65. The molecular weight excluding hydrogens is 113 g/mol. The number of aromatic nitrogens is 1. The van der Waals surface area contributed by atoms with Gasteiger partial charge in [0.25, 0.3) is 0 Å². The minimum absolute atomic E-state index is 0.720. The summed E-state index contributed by atoms with van der Waals surface area (Å²) in [6.45, 7) is 0. The van der Waals surface area contributed by atoms with Crippen molar-refractivity contribution in [1.29, 1.82) is 0 Å². The van der Waals surface area contributed by atoms with E-state index in [1.807, 2.05) is 12.1 Å². The van der Waals surface area contributed by atoms with Crippen LogP contribution in [0.4, 0.5) is 5.82 Å². The standard InChI is InChI=1S/C5H3BN3/c1-2-4-5(7-3-1)8-9-6-4/h1-3H. The predicted octanol–water partition coefficient (Wildman–Crippen LogP) is 0.423. The molecule has 0 spiro atoms. The Morgan fingerprint density at radius 1 is 1.44 bits per heavy atom. The van der Waals surface area contributed by atoms with Crippen LogP contribution in [-0.2, 0) is 0 Å². The fourth-order valence-electron chi connectivity index (χ4n) is 0.739. The van der Waals surface area contributed by atoms with Gasteiger partial charge in [-0.1, -0.05) is 6.07 Å². The Bertz CT molecular complexity index is 258. The molecule has 0 saturated carbocycles. The van der Waals surface area contributed by atoms with E-state index >= 15 is 0 Å². The van der Waals surface area contributed by atoms with Crippen molar-refractivity contribution in [3.05, 3.63) is 18.3 Å². The van der Waals surface area contributed by atoms with Gasteiger partial charge in [-0.05, 0) is 11.5 Å². The van der Waals surface area contributed by atoms with Crippen LogP contribution in [0, 0.1) is 0 Å². The highest BCUT2D eigenvalue weighted by Gasteiger charge is 2.08. The van der Waals surface area contributed by atoms with E-state index in [1.54, 1.807) is 13.6 Å². The molecule has 0 fully saturated rings. The average molecular weight is 116 g/mol. The Labute approximate surface area is 53.1 Å². The van der Waals surface area contributed by atoms with Gasteiger partial charge < -0.3 is 0 Å². The zero-order chi connectivity index (χ0) is 6.10. The molecule has 41 valence electrons. The number of nitrogens with zero attached hydrogens (tertiary/aromatic N) is 3. The summed E-state index contributed by atoms with van der Waals surface area (Å²) in [5.74, 6) is 0.720. The first kappa shape index (κ1) is 4.67. The zero-order valence-corrected chi connectivity index (χ0v) is 4.65. The van der Waals surface area contributed by atoms with E-state index in [-0.39, 0.29) is 0 Å². The van der Waals surface area contributed by atoms with E-state index < -0.39 is 0 Å². The van der Waals surface area contributed by atoms with Crippen molar-refractivity contribution in [2.24, 2.45) is 10.1 Å². The van der Waals surface area contributed by atoms with Gasteiger partial charge in [-0.15, -0.1) is 0 Å². The largest absolute Gasteiger partial charge is 0.347 e. The molecule has 4 heteroatoms. The van der Waals surface area contributed by atoms with Gasteiger partial charge in [0.1, 0.15) is 0 Å². The van der Waals surface area contributed by atoms with Gasteiger partial charge in [-0.2, -0.15) is 5.11 Å². The molecular formula is C5H3BN3. The normalized spacial score (nSPS) is 12.9. The van der Waals surface area contributed by atoms with Gasteiger partial charge in [0, 0.05) is 6.20 Å². The second kappa shape index (κ2) is 1.65. The van der Waals surface area contributed by atoms with E-state index in [0.717, 1.165) is 11.3 Å². The molecule has 0 bridgehead atoms. The van der Waals surface area contributed by atoms with Crippen molar-refractivity contribution in [3.63, 3.8) is 0 Å². The van der Waals surface area contributed by atoms with Crippen LogP contribution < -0.4 is 5.46 Å². The molecule has 0 aromatic carbocycles. The molecule has 1 aromatic rings. The fraction of sp³-hybridized carbons (Fsp3) is 0. The van der Waals surface area contributed by atoms with Crippen LogP contribution in [0.25, 0.3) is 0 Å². The van der Waals surface area contributed by atoms with Gasteiger partial charge in [0.05, 0.1) is 0 Å². The van der Waals surface area contributed by atoms with E-state index in [4.69, 9.17) is 0 Å². The molecule has 2 rings (SSSR count). The first-order valence-electron chi connectivity index (χ1n) is 2.66. The molecule has 3 nitrogen and oxygen atoms in total. The number of fused-ring (bicyclic) bond motifs is 1. The molecule has 1 radical (unpaired) electrons. The van der Waals surface area contributed by atoms with Gasteiger partial charge in [-0.3, -0.25) is 5.03 Å². The van der Waals surface area contributed by atoms with Crippen LogP contribution in [0.3, 0.4) is 0 Å².